The van der Waals surface area contributed by atoms with Crippen LogP contribution in [0.15, 0.2) is 94.5 Å². The van der Waals surface area contributed by atoms with Gasteiger partial charge in [0.1, 0.15) is 6.61 Å². The lowest BCUT2D eigenvalue weighted by Gasteiger charge is -2.15. The summed E-state index contributed by atoms with van der Waals surface area (Å²) in [5, 5.41) is 8.75. The van der Waals surface area contributed by atoms with Crippen molar-refractivity contribution in [2.75, 3.05) is 6.61 Å². The van der Waals surface area contributed by atoms with Gasteiger partial charge in [0.15, 0.2) is 11.5 Å². The zero-order valence-corrected chi connectivity index (χ0v) is 21.8. The van der Waals surface area contributed by atoms with E-state index in [1.807, 2.05) is 61.5 Å². The quantitative estimate of drug-likeness (QED) is 0.164. The minimum Gasteiger partial charge on any atom is -0.490 e. The zero-order chi connectivity index (χ0) is 26.0. The van der Waals surface area contributed by atoms with Crippen molar-refractivity contribution in [1.29, 1.82) is 0 Å². The Balaban J connectivity index is 1.40. The van der Waals surface area contributed by atoms with Gasteiger partial charge >= 0.3 is 11.8 Å². The molecule has 0 unspecified atom stereocenters. The molecule has 0 radical (unpaired) electrons. The van der Waals surface area contributed by atoms with Crippen LogP contribution < -0.4 is 20.2 Å². The van der Waals surface area contributed by atoms with E-state index in [2.05, 4.69) is 50.0 Å². The highest BCUT2D eigenvalue weighted by Gasteiger charge is 2.14. The molecule has 2 amide bonds. The van der Waals surface area contributed by atoms with E-state index < -0.39 is 11.8 Å². The average Bonchev–Trinajstić information content (AvgIpc) is 2.92. The van der Waals surface area contributed by atoms with Crippen molar-refractivity contribution in [2.24, 2.45) is 5.10 Å². The molecule has 0 heterocycles. The fourth-order valence-electron chi connectivity index (χ4n) is 3.71. The number of halogens is 1. The van der Waals surface area contributed by atoms with Gasteiger partial charge in [-0.2, -0.15) is 5.10 Å². The van der Waals surface area contributed by atoms with E-state index in [1.54, 1.807) is 12.1 Å². The van der Waals surface area contributed by atoms with Gasteiger partial charge in [-0.3, -0.25) is 9.59 Å². The molecule has 0 aliphatic carbocycles. The first-order valence-electron chi connectivity index (χ1n) is 11.8. The molecular formula is C29H26BrN3O4. The topological polar surface area (TPSA) is 89.0 Å². The molecule has 0 atom stereocenters. The number of amides is 2. The van der Waals surface area contributed by atoms with Gasteiger partial charge in [0, 0.05) is 6.54 Å². The Morgan fingerprint density at radius 1 is 0.919 bits per heavy atom. The molecule has 0 saturated heterocycles. The SMILES string of the molecule is CCOc1cc(/C=N/NC(=O)C(=O)NCc2ccccc2)cc(Br)c1OCc1cccc2ccccc12. The van der Waals surface area contributed by atoms with Gasteiger partial charge in [0.05, 0.1) is 17.3 Å². The van der Waals surface area contributed by atoms with Crippen LogP contribution in [0.4, 0.5) is 0 Å². The molecule has 7 nitrogen and oxygen atoms in total. The molecule has 8 heteroatoms. The fourth-order valence-corrected chi connectivity index (χ4v) is 4.28. The van der Waals surface area contributed by atoms with Gasteiger partial charge in [-0.25, -0.2) is 5.43 Å². The second kappa shape index (κ2) is 12.7. The summed E-state index contributed by atoms with van der Waals surface area (Å²) >= 11 is 3.56. The second-order valence-corrected chi connectivity index (χ2v) is 8.91. The van der Waals surface area contributed by atoms with Crippen molar-refractivity contribution in [2.45, 2.75) is 20.1 Å². The van der Waals surface area contributed by atoms with E-state index in [4.69, 9.17) is 9.47 Å². The van der Waals surface area contributed by atoms with Gasteiger partial charge in [-0.1, -0.05) is 72.8 Å². The third-order valence-electron chi connectivity index (χ3n) is 5.47. The molecule has 0 aliphatic rings. The highest BCUT2D eigenvalue weighted by molar-refractivity contribution is 9.10. The number of ether oxygens (including phenoxy) is 2. The third kappa shape index (κ3) is 6.95. The van der Waals surface area contributed by atoms with Crippen molar-refractivity contribution in [3.8, 4) is 11.5 Å². The minimum absolute atomic E-state index is 0.252. The molecule has 2 N–H and O–H groups in total. The molecule has 0 bridgehead atoms. The van der Waals surface area contributed by atoms with Crippen molar-refractivity contribution < 1.29 is 19.1 Å². The second-order valence-electron chi connectivity index (χ2n) is 8.06. The smallest absolute Gasteiger partial charge is 0.329 e. The number of carbonyl (C=O) groups is 2. The normalized spacial score (nSPS) is 10.9. The van der Waals surface area contributed by atoms with Crippen molar-refractivity contribution in [1.82, 2.24) is 10.7 Å². The summed E-state index contributed by atoms with van der Waals surface area (Å²) < 4.78 is 12.6. The van der Waals surface area contributed by atoms with Crippen LogP contribution in [0.1, 0.15) is 23.6 Å². The molecule has 0 aliphatic heterocycles. The van der Waals surface area contributed by atoms with Crippen LogP contribution in [0.3, 0.4) is 0 Å². The number of nitrogens with one attached hydrogen (secondary N) is 2. The lowest BCUT2D eigenvalue weighted by Crippen LogP contribution is -2.37. The molecule has 37 heavy (non-hydrogen) atoms. The Kier molecular flexibility index (Phi) is 8.89. The van der Waals surface area contributed by atoms with Gasteiger partial charge in [-0.05, 0) is 62.4 Å². The number of hydrogen-bond donors (Lipinski definition) is 2. The Morgan fingerprint density at radius 3 is 2.49 bits per heavy atom. The first kappa shape index (κ1) is 25.9. The number of hydrazone groups is 1. The van der Waals surface area contributed by atoms with Gasteiger partial charge in [0.25, 0.3) is 0 Å². The fraction of sp³-hybridized carbons (Fsp3) is 0.138. The van der Waals surface area contributed by atoms with E-state index in [9.17, 15) is 9.59 Å². The van der Waals surface area contributed by atoms with E-state index in [-0.39, 0.29) is 6.54 Å². The zero-order valence-electron chi connectivity index (χ0n) is 20.2. The largest absolute Gasteiger partial charge is 0.490 e. The lowest BCUT2D eigenvalue weighted by atomic mass is 10.1. The summed E-state index contributed by atoms with van der Waals surface area (Å²) in [5.74, 6) is -0.526. The number of carbonyl (C=O) groups excluding carboxylic acids is 2. The predicted octanol–water partition coefficient (Wildman–Crippen LogP) is 5.35. The molecule has 0 fully saturated rings. The van der Waals surface area contributed by atoms with Crippen LogP contribution in [0.2, 0.25) is 0 Å². The van der Waals surface area contributed by atoms with E-state index in [0.29, 0.717) is 34.7 Å². The monoisotopic (exact) mass is 559 g/mol. The average molecular weight is 560 g/mol. The van der Waals surface area contributed by atoms with Gasteiger partial charge in [-0.15, -0.1) is 0 Å². The molecule has 0 spiro atoms. The first-order valence-corrected chi connectivity index (χ1v) is 12.6. The Bertz CT molecular complexity index is 1420. The van der Waals surface area contributed by atoms with Gasteiger partial charge in [0.2, 0.25) is 0 Å². The molecule has 0 saturated carbocycles. The van der Waals surface area contributed by atoms with Crippen LogP contribution >= 0.6 is 15.9 Å². The maximum absolute atomic E-state index is 12.1. The molecule has 4 aromatic rings. The van der Waals surface area contributed by atoms with Crippen molar-refractivity contribution in [3.63, 3.8) is 0 Å². The van der Waals surface area contributed by atoms with Crippen LogP contribution in [-0.2, 0) is 22.7 Å². The summed E-state index contributed by atoms with van der Waals surface area (Å²) in [7, 11) is 0. The number of fused-ring (bicyclic) bond motifs is 1. The van der Waals surface area contributed by atoms with Crippen LogP contribution in [0.25, 0.3) is 10.8 Å². The summed E-state index contributed by atoms with van der Waals surface area (Å²) in [6.07, 6.45) is 1.43. The van der Waals surface area contributed by atoms with Crippen molar-refractivity contribution in [3.05, 3.63) is 106 Å². The summed E-state index contributed by atoms with van der Waals surface area (Å²) in [4.78, 5) is 24.1. The number of hydrogen-bond acceptors (Lipinski definition) is 5. The highest BCUT2D eigenvalue weighted by atomic mass is 79.9. The molecular weight excluding hydrogens is 534 g/mol. The Hall–Kier alpha value is -4.17. The van der Waals surface area contributed by atoms with Crippen LogP contribution in [-0.4, -0.2) is 24.6 Å². The predicted molar refractivity (Wildman–Crippen MR) is 148 cm³/mol. The highest BCUT2D eigenvalue weighted by Crippen LogP contribution is 2.37. The number of rotatable bonds is 9. The van der Waals surface area contributed by atoms with Crippen LogP contribution in [0, 0.1) is 0 Å². The minimum atomic E-state index is -0.855. The number of benzene rings is 4. The van der Waals surface area contributed by atoms with E-state index in [0.717, 1.165) is 21.9 Å². The summed E-state index contributed by atoms with van der Waals surface area (Å²) in [6.45, 7) is 2.94. The third-order valence-corrected chi connectivity index (χ3v) is 6.05. The Labute approximate surface area is 223 Å². The standard InChI is InChI=1S/C29H26BrN3O4/c1-2-36-26-16-21(18-32-33-29(35)28(34)31-17-20-9-4-3-5-10-20)15-25(30)27(26)37-19-23-13-8-12-22-11-6-7-14-24(22)23/h3-16,18H,2,17,19H2,1H3,(H,31,34)(H,33,35)/b32-18+. The molecule has 0 aromatic heterocycles. The maximum atomic E-state index is 12.1. The molecule has 188 valence electrons. The van der Waals surface area contributed by atoms with E-state index >= 15 is 0 Å². The molecule has 4 rings (SSSR count). The number of nitrogens with zero attached hydrogens (tertiary/aromatic N) is 1. The maximum Gasteiger partial charge on any atom is 0.329 e. The van der Waals surface area contributed by atoms with Gasteiger partial charge < -0.3 is 14.8 Å². The van der Waals surface area contributed by atoms with Crippen LogP contribution in [0.5, 0.6) is 11.5 Å². The summed E-state index contributed by atoms with van der Waals surface area (Å²) in [6, 6.07) is 27.2. The summed E-state index contributed by atoms with van der Waals surface area (Å²) in [5.41, 5.74) is 4.85. The molecule has 4 aromatic carbocycles. The van der Waals surface area contributed by atoms with E-state index in [1.165, 1.54) is 6.21 Å². The first-order chi connectivity index (χ1) is 18.0. The Morgan fingerprint density at radius 2 is 1.68 bits per heavy atom. The van der Waals surface area contributed by atoms with Crippen molar-refractivity contribution >= 4 is 44.7 Å². The lowest BCUT2D eigenvalue weighted by molar-refractivity contribution is -0.139.